The van der Waals surface area contributed by atoms with Gasteiger partial charge in [-0.05, 0) is 48.8 Å². The number of piperidine rings is 1. The molecule has 4 fully saturated rings. The number of alkyl halides is 1. The van der Waals surface area contributed by atoms with Crippen molar-refractivity contribution in [1.29, 1.82) is 0 Å². The summed E-state index contributed by atoms with van der Waals surface area (Å²) in [6, 6.07) is 3.88. The molecule has 4 aliphatic rings. The van der Waals surface area contributed by atoms with E-state index in [2.05, 4.69) is 12.2 Å². The maximum absolute atomic E-state index is 14.1. The number of hydrogen-bond acceptors (Lipinski definition) is 4. The number of halogens is 3. The average Bonchev–Trinajstić information content (AvgIpc) is 3.10. The third kappa shape index (κ3) is 5.13. The number of carbonyl (C=O) groups excluding carboxylic acids is 2. The highest BCUT2D eigenvalue weighted by atomic mass is 35.5. The van der Waals surface area contributed by atoms with Gasteiger partial charge in [-0.3, -0.25) is 14.9 Å². The van der Waals surface area contributed by atoms with Gasteiger partial charge in [0.05, 0.1) is 29.3 Å². The van der Waals surface area contributed by atoms with Gasteiger partial charge < -0.3 is 14.5 Å². The normalized spacial score (nSPS) is 32.9. The van der Waals surface area contributed by atoms with E-state index in [1.165, 1.54) is 37.8 Å². The van der Waals surface area contributed by atoms with Gasteiger partial charge in [0, 0.05) is 19.0 Å². The Morgan fingerprint density at radius 2 is 1.89 bits per heavy atom. The van der Waals surface area contributed by atoms with E-state index in [4.69, 9.17) is 27.9 Å². The van der Waals surface area contributed by atoms with E-state index in [0.717, 1.165) is 19.3 Å². The predicted octanol–water partition coefficient (Wildman–Crippen LogP) is 4.57. The highest BCUT2D eigenvalue weighted by molar-refractivity contribution is 6.30. The quantitative estimate of drug-likeness (QED) is 0.439. The van der Waals surface area contributed by atoms with Crippen LogP contribution in [0.4, 0.5) is 4.39 Å². The van der Waals surface area contributed by atoms with Crippen molar-refractivity contribution in [2.24, 2.45) is 17.8 Å². The van der Waals surface area contributed by atoms with Crippen LogP contribution >= 0.6 is 23.2 Å². The molecule has 0 spiro atoms. The molecule has 1 aromatic rings. The van der Waals surface area contributed by atoms with Crippen molar-refractivity contribution in [1.82, 2.24) is 15.1 Å². The van der Waals surface area contributed by atoms with Gasteiger partial charge in [-0.2, -0.15) is 0 Å². The standard InChI is InChI=1S/C27H36Cl2FN3O3/c1-17-11-27(29,20-6-4-2-3-5-7-20)16-31-25(17)33-13-23(34)32(24(26(33)35)19-14-36-15-19)12-18-8-9-21(28)22(30)10-18/h8-10,17,19-20,24-25,31H,2-7,11-16H2,1H3/t17?,24-,25?,27?/m1/s1. The summed E-state index contributed by atoms with van der Waals surface area (Å²) in [6.45, 7) is 3.80. The molecular formula is C27H36Cl2FN3O3. The molecule has 36 heavy (non-hydrogen) atoms. The van der Waals surface area contributed by atoms with Crippen molar-refractivity contribution >= 4 is 35.0 Å². The molecule has 2 amide bonds. The van der Waals surface area contributed by atoms with Gasteiger partial charge in [-0.15, -0.1) is 11.6 Å². The molecule has 5 rings (SSSR count). The maximum atomic E-state index is 14.1. The Balaban J connectivity index is 1.32. The molecular weight excluding hydrogens is 504 g/mol. The van der Waals surface area contributed by atoms with E-state index >= 15 is 0 Å². The van der Waals surface area contributed by atoms with Gasteiger partial charge in [0.2, 0.25) is 11.8 Å². The summed E-state index contributed by atoms with van der Waals surface area (Å²) in [7, 11) is 0. The second-order valence-corrected chi connectivity index (χ2v) is 12.4. The van der Waals surface area contributed by atoms with Crippen LogP contribution in [0.25, 0.3) is 0 Å². The van der Waals surface area contributed by atoms with Gasteiger partial charge >= 0.3 is 0 Å². The van der Waals surface area contributed by atoms with Crippen LogP contribution in [0.5, 0.6) is 0 Å². The molecule has 3 heterocycles. The number of rotatable bonds is 5. The Kier molecular flexibility index (Phi) is 7.83. The molecule has 1 aromatic carbocycles. The van der Waals surface area contributed by atoms with E-state index in [-0.39, 0.29) is 52.8 Å². The van der Waals surface area contributed by atoms with Gasteiger partial charge in [0.1, 0.15) is 18.4 Å². The average molecular weight is 541 g/mol. The van der Waals surface area contributed by atoms with Crippen molar-refractivity contribution in [3.8, 4) is 0 Å². The van der Waals surface area contributed by atoms with Gasteiger partial charge in [0.25, 0.3) is 0 Å². The van der Waals surface area contributed by atoms with Crippen LogP contribution in [0.2, 0.25) is 5.02 Å². The molecule has 9 heteroatoms. The van der Waals surface area contributed by atoms with Crippen LogP contribution in [0.3, 0.4) is 0 Å². The fraction of sp³-hybridized carbons (Fsp3) is 0.704. The highest BCUT2D eigenvalue weighted by Crippen LogP contribution is 2.43. The molecule has 3 saturated heterocycles. The van der Waals surface area contributed by atoms with Crippen LogP contribution in [0, 0.1) is 23.6 Å². The summed E-state index contributed by atoms with van der Waals surface area (Å²) in [4.78, 5) is 30.3. The van der Waals surface area contributed by atoms with Crippen LogP contribution in [-0.2, 0) is 20.9 Å². The zero-order chi connectivity index (χ0) is 25.4. The first-order valence-electron chi connectivity index (χ1n) is 13.3. The second kappa shape index (κ2) is 10.8. The predicted molar refractivity (Wildman–Crippen MR) is 137 cm³/mol. The minimum absolute atomic E-state index is 0.000294. The van der Waals surface area contributed by atoms with E-state index in [9.17, 15) is 14.0 Å². The molecule has 0 bridgehead atoms. The Labute approximate surface area is 222 Å². The maximum Gasteiger partial charge on any atom is 0.247 e. The minimum Gasteiger partial charge on any atom is -0.380 e. The molecule has 3 aliphatic heterocycles. The molecule has 0 radical (unpaired) electrons. The zero-order valence-corrected chi connectivity index (χ0v) is 22.4. The van der Waals surface area contributed by atoms with Crippen LogP contribution in [0.1, 0.15) is 57.4 Å². The molecule has 0 aromatic heterocycles. The van der Waals surface area contributed by atoms with Gasteiger partial charge in [-0.1, -0.05) is 50.3 Å². The van der Waals surface area contributed by atoms with Crippen molar-refractivity contribution in [2.75, 3.05) is 26.3 Å². The lowest BCUT2D eigenvalue weighted by Gasteiger charge is -2.52. The number of ether oxygens (including phenoxy) is 1. The molecule has 1 aliphatic carbocycles. The molecule has 3 unspecified atom stereocenters. The Morgan fingerprint density at radius 1 is 1.17 bits per heavy atom. The number of nitrogens with zero attached hydrogens (tertiary/aromatic N) is 2. The SMILES string of the molecule is CC1CC(Cl)(C2CCCCCC2)CNC1N1CC(=O)N(Cc2ccc(Cl)c(F)c2)[C@H](C2COC2)C1=O. The fourth-order valence-electron chi connectivity index (χ4n) is 6.64. The number of amides is 2. The summed E-state index contributed by atoms with van der Waals surface area (Å²) in [5.41, 5.74) is 0.608. The third-order valence-electron chi connectivity index (χ3n) is 8.67. The molecule has 6 nitrogen and oxygen atoms in total. The number of hydrogen-bond donors (Lipinski definition) is 1. The van der Waals surface area contributed by atoms with Crippen molar-refractivity contribution in [2.45, 2.75) is 75.5 Å². The topological polar surface area (TPSA) is 61.9 Å². The summed E-state index contributed by atoms with van der Waals surface area (Å²) >= 11 is 13.1. The van der Waals surface area contributed by atoms with Gasteiger partial charge in [-0.25, -0.2) is 4.39 Å². The van der Waals surface area contributed by atoms with Crippen molar-refractivity contribution < 1.29 is 18.7 Å². The lowest BCUT2D eigenvalue weighted by molar-refractivity contribution is -0.173. The minimum atomic E-state index is -0.628. The Morgan fingerprint density at radius 3 is 2.50 bits per heavy atom. The van der Waals surface area contributed by atoms with Crippen molar-refractivity contribution in [3.05, 3.63) is 34.6 Å². The third-order valence-corrected chi connectivity index (χ3v) is 9.58. The van der Waals surface area contributed by atoms with Crippen molar-refractivity contribution in [3.63, 3.8) is 0 Å². The van der Waals surface area contributed by atoms with Crippen LogP contribution in [-0.4, -0.2) is 65.0 Å². The van der Waals surface area contributed by atoms with Gasteiger partial charge in [0.15, 0.2) is 0 Å². The van der Waals surface area contributed by atoms with Crippen LogP contribution < -0.4 is 5.32 Å². The molecule has 4 atom stereocenters. The Bertz CT molecular complexity index is 985. The lowest BCUT2D eigenvalue weighted by atomic mass is 9.76. The van der Waals surface area contributed by atoms with E-state index in [0.29, 0.717) is 31.2 Å². The van der Waals surface area contributed by atoms with E-state index in [1.54, 1.807) is 15.9 Å². The zero-order valence-electron chi connectivity index (χ0n) is 20.9. The summed E-state index contributed by atoms with van der Waals surface area (Å²) < 4.78 is 19.5. The monoisotopic (exact) mass is 539 g/mol. The number of piperazine rings is 1. The first-order valence-corrected chi connectivity index (χ1v) is 14.1. The second-order valence-electron chi connectivity index (χ2n) is 11.2. The fourth-order valence-corrected chi connectivity index (χ4v) is 7.30. The van der Waals surface area contributed by atoms with E-state index < -0.39 is 11.9 Å². The first kappa shape index (κ1) is 26.2. The number of nitrogens with one attached hydrogen (secondary N) is 1. The largest absolute Gasteiger partial charge is 0.380 e. The van der Waals surface area contributed by atoms with E-state index in [1.807, 2.05) is 0 Å². The number of benzene rings is 1. The first-order chi connectivity index (χ1) is 17.3. The number of carbonyl (C=O) groups is 2. The summed E-state index contributed by atoms with van der Waals surface area (Å²) in [5, 5.41) is 3.61. The molecule has 198 valence electrons. The van der Waals surface area contributed by atoms with Crippen LogP contribution in [0.15, 0.2) is 18.2 Å². The summed E-state index contributed by atoms with van der Waals surface area (Å²) in [5.74, 6) is -0.217. The lowest BCUT2D eigenvalue weighted by Crippen LogP contribution is -2.70. The summed E-state index contributed by atoms with van der Waals surface area (Å²) in [6.07, 6.45) is 7.93. The smallest absolute Gasteiger partial charge is 0.247 e. The highest BCUT2D eigenvalue weighted by Gasteiger charge is 2.51. The molecule has 1 saturated carbocycles. The molecule has 1 N–H and O–H groups in total. The Hall–Kier alpha value is -1.41.